The molecule has 0 bridgehead atoms. The van der Waals surface area contributed by atoms with Crippen molar-refractivity contribution in [1.29, 1.82) is 0 Å². The monoisotopic (exact) mass is 240 g/mol. The highest BCUT2D eigenvalue weighted by Crippen LogP contribution is 2.33. The molecule has 2 atom stereocenters. The highest BCUT2D eigenvalue weighted by molar-refractivity contribution is 5.72. The van der Waals surface area contributed by atoms with Gasteiger partial charge in [0.1, 0.15) is 0 Å². The lowest BCUT2D eigenvalue weighted by Gasteiger charge is -2.39. The maximum Gasteiger partial charge on any atom is 0.309 e. The molecule has 0 spiro atoms. The van der Waals surface area contributed by atoms with Crippen molar-refractivity contribution in [2.45, 2.75) is 19.3 Å². The zero-order valence-corrected chi connectivity index (χ0v) is 10.9. The van der Waals surface area contributed by atoms with Crippen molar-refractivity contribution >= 4 is 5.97 Å². The standard InChI is InChI=1S/C13H24N2O2/c1-15-7-4-10(5-8-15)12-9-14-6-3-11(12)13(16)17-2/h10-12,14H,3-9H2,1-2H3. The van der Waals surface area contributed by atoms with E-state index in [0.29, 0.717) is 11.8 Å². The van der Waals surface area contributed by atoms with Crippen LogP contribution in [0.25, 0.3) is 0 Å². The van der Waals surface area contributed by atoms with Gasteiger partial charge in [-0.2, -0.15) is 0 Å². The third-order valence-electron chi connectivity index (χ3n) is 4.40. The fourth-order valence-corrected chi connectivity index (χ4v) is 3.28. The first-order valence-corrected chi connectivity index (χ1v) is 6.69. The minimum atomic E-state index is -0.00423. The topological polar surface area (TPSA) is 41.6 Å². The average molecular weight is 240 g/mol. The predicted molar refractivity (Wildman–Crippen MR) is 66.7 cm³/mol. The second kappa shape index (κ2) is 5.83. The van der Waals surface area contributed by atoms with Crippen molar-refractivity contribution in [3.8, 4) is 0 Å². The molecule has 0 aromatic carbocycles. The van der Waals surface area contributed by atoms with Gasteiger partial charge >= 0.3 is 5.97 Å². The Morgan fingerprint density at radius 1 is 1.29 bits per heavy atom. The van der Waals surface area contributed by atoms with Crippen molar-refractivity contribution in [3.63, 3.8) is 0 Å². The van der Waals surface area contributed by atoms with Gasteiger partial charge in [0.2, 0.25) is 0 Å². The van der Waals surface area contributed by atoms with Crippen LogP contribution in [0.1, 0.15) is 19.3 Å². The van der Waals surface area contributed by atoms with Gasteiger partial charge in [0.05, 0.1) is 13.0 Å². The van der Waals surface area contributed by atoms with Crippen LogP contribution >= 0.6 is 0 Å². The summed E-state index contributed by atoms with van der Waals surface area (Å²) in [5.41, 5.74) is 0. The van der Waals surface area contributed by atoms with E-state index >= 15 is 0 Å². The summed E-state index contributed by atoms with van der Waals surface area (Å²) in [7, 11) is 3.68. The number of piperidine rings is 2. The molecule has 2 aliphatic rings. The summed E-state index contributed by atoms with van der Waals surface area (Å²) in [6.45, 7) is 4.25. The van der Waals surface area contributed by atoms with Crippen LogP contribution in [0.15, 0.2) is 0 Å². The number of ether oxygens (including phenoxy) is 1. The van der Waals surface area contributed by atoms with E-state index in [1.54, 1.807) is 0 Å². The van der Waals surface area contributed by atoms with Gasteiger partial charge in [-0.1, -0.05) is 0 Å². The molecule has 0 amide bonds. The molecule has 2 saturated heterocycles. The second-order valence-electron chi connectivity index (χ2n) is 5.43. The van der Waals surface area contributed by atoms with Gasteiger partial charge in [0.15, 0.2) is 0 Å². The van der Waals surface area contributed by atoms with E-state index < -0.39 is 0 Å². The molecule has 0 radical (unpaired) electrons. The van der Waals surface area contributed by atoms with Gasteiger partial charge in [-0.05, 0) is 64.3 Å². The van der Waals surface area contributed by atoms with E-state index in [1.807, 2.05) is 0 Å². The van der Waals surface area contributed by atoms with E-state index in [0.717, 1.165) is 32.6 Å². The quantitative estimate of drug-likeness (QED) is 0.722. The predicted octanol–water partition coefficient (Wildman–Crippen LogP) is 0.727. The van der Waals surface area contributed by atoms with Crippen LogP contribution in [0.5, 0.6) is 0 Å². The molecular weight excluding hydrogens is 216 g/mol. The first-order chi connectivity index (χ1) is 8.22. The number of nitrogens with one attached hydrogen (secondary N) is 1. The SMILES string of the molecule is COC(=O)C1CCNCC1C1CCN(C)CC1. The van der Waals surface area contributed by atoms with Crippen LogP contribution < -0.4 is 5.32 Å². The Morgan fingerprint density at radius 3 is 2.65 bits per heavy atom. The molecule has 2 fully saturated rings. The van der Waals surface area contributed by atoms with Crippen molar-refractivity contribution in [1.82, 2.24) is 10.2 Å². The molecule has 1 N–H and O–H groups in total. The van der Waals surface area contributed by atoms with Gasteiger partial charge in [-0.15, -0.1) is 0 Å². The van der Waals surface area contributed by atoms with E-state index in [9.17, 15) is 4.79 Å². The summed E-state index contributed by atoms with van der Waals surface area (Å²) in [4.78, 5) is 14.2. The van der Waals surface area contributed by atoms with Crippen LogP contribution in [0.4, 0.5) is 0 Å². The number of methoxy groups -OCH3 is 1. The summed E-state index contributed by atoms with van der Waals surface area (Å²) < 4.78 is 4.95. The van der Waals surface area contributed by atoms with Crippen molar-refractivity contribution in [2.24, 2.45) is 17.8 Å². The maximum absolute atomic E-state index is 11.8. The third-order valence-corrected chi connectivity index (χ3v) is 4.40. The summed E-state index contributed by atoms with van der Waals surface area (Å²) in [6, 6.07) is 0. The minimum absolute atomic E-state index is 0.00423. The molecule has 0 saturated carbocycles. The average Bonchev–Trinajstić information content (AvgIpc) is 2.39. The summed E-state index contributed by atoms with van der Waals surface area (Å²) in [6.07, 6.45) is 3.37. The maximum atomic E-state index is 11.8. The van der Waals surface area contributed by atoms with Crippen molar-refractivity contribution < 1.29 is 9.53 Å². The number of hydrogen-bond donors (Lipinski definition) is 1. The number of nitrogens with zero attached hydrogens (tertiary/aromatic N) is 1. The molecule has 0 aromatic heterocycles. The molecule has 2 rings (SSSR count). The molecule has 2 heterocycles. The van der Waals surface area contributed by atoms with Crippen LogP contribution in [0.2, 0.25) is 0 Å². The fourth-order valence-electron chi connectivity index (χ4n) is 3.28. The van der Waals surface area contributed by atoms with Gasteiger partial charge < -0.3 is 15.0 Å². The molecule has 2 unspecified atom stereocenters. The molecular formula is C13H24N2O2. The summed E-state index contributed by atoms with van der Waals surface area (Å²) >= 11 is 0. The Kier molecular flexibility index (Phi) is 4.40. The Morgan fingerprint density at radius 2 is 2.00 bits per heavy atom. The van der Waals surface area contributed by atoms with Gasteiger partial charge in [-0.25, -0.2) is 0 Å². The molecule has 0 aromatic rings. The van der Waals surface area contributed by atoms with Crippen molar-refractivity contribution in [3.05, 3.63) is 0 Å². The first-order valence-electron chi connectivity index (χ1n) is 6.69. The number of carbonyl (C=O) groups excluding carboxylic acids is 1. The van der Waals surface area contributed by atoms with Crippen molar-refractivity contribution in [2.75, 3.05) is 40.3 Å². The molecule has 2 aliphatic heterocycles. The highest BCUT2D eigenvalue weighted by Gasteiger charge is 2.37. The smallest absolute Gasteiger partial charge is 0.309 e. The van der Waals surface area contributed by atoms with E-state index in [4.69, 9.17) is 4.74 Å². The Balaban J connectivity index is 1.98. The van der Waals surface area contributed by atoms with E-state index in [2.05, 4.69) is 17.3 Å². The molecule has 4 heteroatoms. The van der Waals surface area contributed by atoms with Gasteiger partial charge in [0.25, 0.3) is 0 Å². The molecule has 17 heavy (non-hydrogen) atoms. The van der Waals surface area contributed by atoms with Gasteiger partial charge in [0, 0.05) is 0 Å². The zero-order chi connectivity index (χ0) is 12.3. The second-order valence-corrected chi connectivity index (χ2v) is 5.43. The lowest BCUT2D eigenvalue weighted by molar-refractivity contribution is -0.149. The molecule has 4 nitrogen and oxygen atoms in total. The normalized spacial score (nSPS) is 32.4. The summed E-state index contributed by atoms with van der Waals surface area (Å²) in [5, 5.41) is 3.43. The number of likely N-dealkylation sites (tertiary alicyclic amines) is 1. The summed E-state index contributed by atoms with van der Waals surface area (Å²) in [5.74, 6) is 1.28. The largest absolute Gasteiger partial charge is 0.469 e. The van der Waals surface area contributed by atoms with Crippen LogP contribution in [-0.4, -0.2) is 51.2 Å². The lowest BCUT2D eigenvalue weighted by Crippen LogP contribution is -2.46. The third kappa shape index (κ3) is 2.99. The van der Waals surface area contributed by atoms with E-state index in [-0.39, 0.29) is 11.9 Å². The molecule has 98 valence electrons. The van der Waals surface area contributed by atoms with Gasteiger partial charge in [-0.3, -0.25) is 4.79 Å². The lowest BCUT2D eigenvalue weighted by atomic mass is 9.74. The fraction of sp³-hybridized carbons (Fsp3) is 0.923. The Labute approximate surface area is 104 Å². The number of carbonyl (C=O) groups is 1. The van der Waals surface area contributed by atoms with E-state index in [1.165, 1.54) is 20.0 Å². The number of esters is 1. The molecule has 0 aliphatic carbocycles. The number of rotatable bonds is 2. The number of hydrogen-bond acceptors (Lipinski definition) is 4. The zero-order valence-electron chi connectivity index (χ0n) is 10.9. The Bertz CT molecular complexity index is 262. The minimum Gasteiger partial charge on any atom is -0.469 e. The highest BCUT2D eigenvalue weighted by atomic mass is 16.5. The first kappa shape index (κ1) is 12.8. The van der Waals surface area contributed by atoms with Crippen LogP contribution in [-0.2, 0) is 9.53 Å². The van der Waals surface area contributed by atoms with Crippen LogP contribution in [0, 0.1) is 17.8 Å². The van der Waals surface area contributed by atoms with Crippen LogP contribution in [0.3, 0.4) is 0 Å². The Hall–Kier alpha value is -0.610.